The summed E-state index contributed by atoms with van der Waals surface area (Å²) < 4.78 is 0. The second kappa shape index (κ2) is 2.59. The molecule has 70 valence electrons. The van der Waals surface area contributed by atoms with Gasteiger partial charge in [0.15, 0.2) is 0 Å². The van der Waals surface area contributed by atoms with E-state index in [1.54, 1.807) is 0 Å². The molecule has 0 amide bonds. The molecule has 1 nitrogen and oxygen atoms in total. The van der Waals surface area contributed by atoms with Gasteiger partial charge < -0.3 is 5.11 Å². The van der Waals surface area contributed by atoms with Gasteiger partial charge in [0.1, 0.15) is 0 Å². The molecule has 1 aliphatic carbocycles. The maximum absolute atomic E-state index is 9.84. The van der Waals surface area contributed by atoms with Gasteiger partial charge in [0, 0.05) is 0 Å². The first-order chi connectivity index (χ1) is 5.25. The number of hydrogen-bond acceptors (Lipinski definition) is 1. The van der Waals surface area contributed by atoms with Gasteiger partial charge in [0.2, 0.25) is 0 Å². The van der Waals surface area contributed by atoms with Crippen LogP contribution in [-0.2, 0) is 0 Å². The van der Waals surface area contributed by atoms with Crippen molar-refractivity contribution < 1.29 is 5.11 Å². The van der Waals surface area contributed by atoms with E-state index in [0.717, 1.165) is 18.4 Å². The normalized spacial score (nSPS) is 33.4. The highest BCUT2D eigenvalue weighted by atomic mass is 16.3. The minimum absolute atomic E-state index is 0.00116. The van der Waals surface area contributed by atoms with Crippen molar-refractivity contribution in [3.05, 3.63) is 12.2 Å². The second-order valence-corrected chi connectivity index (χ2v) is 5.57. The minimum atomic E-state index is -0.314. The third-order valence-corrected chi connectivity index (χ3v) is 2.77. The van der Waals surface area contributed by atoms with E-state index in [0.29, 0.717) is 5.41 Å². The van der Waals surface area contributed by atoms with E-state index < -0.39 is 0 Å². The topological polar surface area (TPSA) is 20.2 Å². The SMILES string of the molecule is C=C1CC(C)(C)CC(C)(C)[C@@H]1O. The maximum atomic E-state index is 9.84. The average molecular weight is 168 g/mol. The van der Waals surface area contributed by atoms with E-state index in [1.165, 1.54) is 0 Å². The van der Waals surface area contributed by atoms with Gasteiger partial charge in [-0.1, -0.05) is 34.3 Å². The van der Waals surface area contributed by atoms with Crippen LogP contribution in [0, 0.1) is 10.8 Å². The summed E-state index contributed by atoms with van der Waals surface area (Å²) in [6.45, 7) is 12.6. The lowest BCUT2D eigenvalue weighted by molar-refractivity contribution is 0.00990. The number of rotatable bonds is 0. The summed E-state index contributed by atoms with van der Waals surface area (Å²) in [7, 11) is 0. The molecule has 0 bridgehead atoms. The molecular weight excluding hydrogens is 148 g/mol. The van der Waals surface area contributed by atoms with Crippen molar-refractivity contribution >= 4 is 0 Å². The van der Waals surface area contributed by atoms with Crippen LogP contribution in [0.15, 0.2) is 12.2 Å². The van der Waals surface area contributed by atoms with Crippen LogP contribution in [0.3, 0.4) is 0 Å². The minimum Gasteiger partial charge on any atom is -0.388 e. The Balaban J connectivity index is 2.87. The largest absolute Gasteiger partial charge is 0.388 e. The monoisotopic (exact) mass is 168 g/mol. The van der Waals surface area contributed by atoms with Crippen molar-refractivity contribution in [1.82, 2.24) is 0 Å². The Morgan fingerprint density at radius 1 is 1.33 bits per heavy atom. The van der Waals surface area contributed by atoms with Gasteiger partial charge in [-0.15, -0.1) is 0 Å². The standard InChI is InChI=1S/C11H20O/c1-8-6-10(2,3)7-11(4,5)9(8)12/h9,12H,1,6-7H2,2-5H3/t9-/m1/s1. The molecule has 0 spiro atoms. The molecule has 0 aromatic carbocycles. The summed E-state index contributed by atoms with van der Waals surface area (Å²) >= 11 is 0. The molecule has 1 N–H and O–H groups in total. The van der Waals surface area contributed by atoms with Crippen LogP contribution in [0.4, 0.5) is 0 Å². The highest BCUT2D eigenvalue weighted by Crippen LogP contribution is 2.47. The van der Waals surface area contributed by atoms with E-state index in [9.17, 15) is 5.11 Å². The summed E-state index contributed by atoms with van der Waals surface area (Å²) in [5.74, 6) is 0. The van der Waals surface area contributed by atoms with Gasteiger partial charge in [-0.2, -0.15) is 0 Å². The summed E-state index contributed by atoms with van der Waals surface area (Å²) in [4.78, 5) is 0. The fourth-order valence-corrected chi connectivity index (χ4v) is 2.66. The summed E-state index contributed by atoms with van der Waals surface area (Å²) in [5, 5.41) is 9.84. The van der Waals surface area contributed by atoms with Gasteiger partial charge in [-0.3, -0.25) is 0 Å². The predicted molar refractivity (Wildman–Crippen MR) is 51.9 cm³/mol. The Hall–Kier alpha value is -0.300. The van der Waals surface area contributed by atoms with Gasteiger partial charge in [0.25, 0.3) is 0 Å². The van der Waals surface area contributed by atoms with E-state index >= 15 is 0 Å². The van der Waals surface area contributed by atoms with Crippen LogP contribution in [-0.4, -0.2) is 11.2 Å². The first-order valence-corrected chi connectivity index (χ1v) is 4.60. The number of aliphatic hydroxyl groups is 1. The van der Waals surface area contributed by atoms with Crippen molar-refractivity contribution in [1.29, 1.82) is 0 Å². The van der Waals surface area contributed by atoms with E-state index in [4.69, 9.17) is 0 Å². The van der Waals surface area contributed by atoms with Crippen LogP contribution in [0.1, 0.15) is 40.5 Å². The molecule has 0 aliphatic heterocycles. The number of hydrogen-bond donors (Lipinski definition) is 1. The Morgan fingerprint density at radius 3 is 2.25 bits per heavy atom. The fourth-order valence-electron chi connectivity index (χ4n) is 2.66. The quantitative estimate of drug-likeness (QED) is 0.551. The van der Waals surface area contributed by atoms with Crippen LogP contribution < -0.4 is 0 Å². The average Bonchev–Trinajstić information content (AvgIpc) is 1.79. The van der Waals surface area contributed by atoms with Gasteiger partial charge >= 0.3 is 0 Å². The zero-order chi connectivity index (χ0) is 9.57. The lowest BCUT2D eigenvalue weighted by Crippen LogP contribution is -2.41. The molecule has 1 rings (SSSR count). The predicted octanol–water partition coefficient (Wildman–Crippen LogP) is 2.75. The molecule has 1 heteroatoms. The van der Waals surface area contributed by atoms with Gasteiger partial charge in [-0.05, 0) is 29.2 Å². The van der Waals surface area contributed by atoms with Crippen LogP contribution in [0.5, 0.6) is 0 Å². The lowest BCUT2D eigenvalue weighted by Gasteiger charge is -2.45. The zero-order valence-corrected chi connectivity index (χ0v) is 8.65. The first-order valence-electron chi connectivity index (χ1n) is 4.60. The maximum Gasteiger partial charge on any atom is 0.0798 e. The van der Waals surface area contributed by atoms with Crippen LogP contribution in [0.25, 0.3) is 0 Å². The Morgan fingerprint density at radius 2 is 1.83 bits per heavy atom. The van der Waals surface area contributed by atoms with Crippen molar-refractivity contribution in [2.75, 3.05) is 0 Å². The Labute approximate surface area is 75.5 Å². The van der Waals surface area contributed by atoms with Gasteiger partial charge in [0.05, 0.1) is 6.10 Å². The highest BCUT2D eigenvalue weighted by Gasteiger charge is 2.41. The Kier molecular flexibility index (Phi) is 2.12. The van der Waals surface area contributed by atoms with Crippen molar-refractivity contribution in [2.45, 2.75) is 46.6 Å². The Bertz CT molecular complexity index is 201. The highest BCUT2D eigenvalue weighted by molar-refractivity contribution is 5.14. The van der Waals surface area contributed by atoms with E-state index in [2.05, 4.69) is 34.3 Å². The molecule has 1 fully saturated rings. The summed E-state index contributed by atoms with van der Waals surface area (Å²) in [6.07, 6.45) is 1.71. The molecule has 0 radical (unpaired) electrons. The summed E-state index contributed by atoms with van der Waals surface area (Å²) in [5.41, 5.74) is 1.30. The zero-order valence-electron chi connectivity index (χ0n) is 8.65. The molecule has 0 saturated heterocycles. The fraction of sp³-hybridized carbons (Fsp3) is 0.818. The van der Waals surface area contributed by atoms with Crippen LogP contribution >= 0.6 is 0 Å². The molecular formula is C11H20O. The van der Waals surface area contributed by atoms with E-state index in [1.807, 2.05) is 0 Å². The molecule has 12 heavy (non-hydrogen) atoms. The molecule has 0 heterocycles. The molecule has 0 unspecified atom stereocenters. The lowest BCUT2D eigenvalue weighted by atomic mass is 9.62. The molecule has 0 aromatic heterocycles. The molecule has 1 atom stereocenters. The third-order valence-electron chi connectivity index (χ3n) is 2.77. The molecule has 1 saturated carbocycles. The van der Waals surface area contributed by atoms with Crippen molar-refractivity contribution in [3.8, 4) is 0 Å². The van der Waals surface area contributed by atoms with E-state index in [-0.39, 0.29) is 11.5 Å². The van der Waals surface area contributed by atoms with Gasteiger partial charge in [-0.25, -0.2) is 0 Å². The molecule has 1 aliphatic rings. The van der Waals surface area contributed by atoms with Crippen molar-refractivity contribution in [2.24, 2.45) is 10.8 Å². The summed E-state index contributed by atoms with van der Waals surface area (Å²) in [6, 6.07) is 0. The smallest absolute Gasteiger partial charge is 0.0798 e. The molecule has 0 aromatic rings. The number of aliphatic hydroxyl groups excluding tert-OH is 1. The second-order valence-electron chi connectivity index (χ2n) is 5.57. The third kappa shape index (κ3) is 1.71. The first kappa shape index (κ1) is 9.79. The van der Waals surface area contributed by atoms with Crippen molar-refractivity contribution in [3.63, 3.8) is 0 Å². The van der Waals surface area contributed by atoms with Crippen LogP contribution in [0.2, 0.25) is 0 Å².